The fourth-order valence-electron chi connectivity index (χ4n) is 3.62. The second kappa shape index (κ2) is 8.06. The van der Waals surface area contributed by atoms with Crippen molar-refractivity contribution in [2.24, 2.45) is 0 Å². The maximum absolute atomic E-state index is 11.1. The van der Waals surface area contributed by atoms with Gasteiger partial charge in [-0.15, -0.1) is 0 Å². The Bertz CT molecular complexity index is 1040. The van der Waals surface area contributed by atoms with Crippen LogP contribution in [0.1, 0.15) is 45.9 Å². The van der Waals surface area contributed by atoms with Crippen LogP contribution in [-0.4, -0.2) is 34.4 Å². The Hall–Kier alpha value is -3.55. The minimum absolute atomic E-state index is 0.0744. The summed E-state index contributed by atoms with van der Waals surface area (Å²) < 4.78 is 11.2. The second-order valence-electron chi connectivity index (χ2n) is 7.37. The highest BCUT2D eigenvalue weighted by Gasteiger charge is 2.25. The van der Waals surface area contributed by atoms with Crippen molar-refractivity contribution in [1.82, 2.24) is 10.1 Å². The predicted molar refractivity (Wildman–Crippen MR) is 112 cm³/mol. The van der Waals surface area contributed by atoms with E-state index < -0.39 is 5.97 Å². The van der Waals surface area contributed by atoms with Crippen molar-refractivity contribution in [2.75, 3.05) is 23.4 Å². The standard InChI is InChI=1S/C22H24N4O4/c1-13(16-4-6-17(7-5-16)22(27)28)24-21-20-19(8-9-23-21)29-11-10-26(20)12-18-14(2)25-30-15(18)3/h4-9,13H,10-12H2,1-3H3,(H,23,24)(H,27,28). The topological polar surface area (TPSA) is 101 Å². The summed E-state index contributed by atoms with van der Waals surface area (Å²) in [6, 6.07) is 8.64. The van der Waals surface area contributed by atoms with E-state index in [2.05, 4.69) is 20.4 Å². The van der Waals surface area contributed by atoms with Gasteiger partial charge in [0, 0.05) is 24.4 Å². The average Bonchev–Trinajstić information content (AvgIpc) is 3.06. The number of carbonyl (C=O) groups is 1. The van der Waals surface area contributed by atoms with Crippen LogP contribution in [0.25, 0.3) is 0 Å². The van der Waals surface area contributed by atoms with Gasteiger partial charge in [-0.1, -0.05) is 17.3 Å². The summed E-state index contributed by atoms with van der Waals surface area (Å²) in [6.07, 6.45) is 1.72. The zero-order chi connectivity index (χ0) is 21.3. The van der Waals surface area contributed by atoms with E-state index in [-0.39, 0.29) is 11.6 Å². The van der Waals surface area contributed by atoms with Crippen LogP contribution in [0.3, 0.4) is 0 Å². The molecule has 156 valence electrons. The van der Waals surface area contributed by atoms with E-state index in [1.54, 1.807) is 18.3 Å². The molecule has 1 aliphatic rings. The van der Waals surface area contributed by atoms with E-state index in [0.717, 1.165) is 40.6 Å². The first-order valence-corrected chi connectivity index (χ1v) is 9.82. The third-order valence-electron chi connectivity index (χ3n) is 5.36. The Kier molecular flexibility index (Phi) is 5.31. The molecule has 30 heavy (non-hydrogen) atoms. The largest absolute Gasteiger partial charge is 0.489 e. The molecule has 4 rings (SSSR count). The highest BCUT2D eigenvalue weighted by molar-refractivity contribution is 5.87. The van der Waals surface area contributed by atoms with Crippen LogP contribution < -0.4 is 15.0 Å². The van der Waals surface area contributed by atoms with E-state index in [9.17, 15) is 4.79 Å². The second-order valence-corrected chi connectivity index (χ2v) is 7.37. The maximum atomic E-state index is 11.1. The fourth-order valence-corrected chi connectivity index (χ4v) is 3.62. The molecule has 0 spiro atoms. The lowest BCUT2D eigenvalue weighted by atomic mass is 10.1. The molecular formula is C22H24N4O4. The minimum atomic E-state index is -0.937. The molecule has 1 aromatic carbocycles. The molecule has 1 unspecified atom stereocenters. The third kappa shape index (κ3) is 3.80. The Morgan fingerprint density at radius 1 is 1.27 bits per heavy atom. The summed E-state index contributed by atoms with van der Waals surface area (Å²) in [7, 11) is 0. The zero-order valence-corrected chi connectivity index (χ0v) is 17.2. The molecule has 0 amide bonds. The molecule has 1 atom stereocenters. The summed E-state index contributed by atoms with van der Waals surface area (Å²) in [6.45, 7) is 7.84. The number of carboxylic acid groups (broad SMARTS) is 1. The van der Waals surface area contributed by atoms with Gasteiger partial charge >= 0.3 is 5.97 Å². The molecule has 8 heteroatoms. The number of hydrogen-bond acceptors (Lipinski definition) is 7. The van der Waals surface area contributed by atoms with Crippen molar-refractivity contribution in [2.45, 2.75) is 33.4 Å². The first-order chi connectivity index (χ1) is 14.4. The van der Waals surface area contributed by atoms with Crippen molar-refractivity contribution < 1.29 is 19.2 Å². The van der Waals surface area contributed by atoms with Gasteiger partial charge in [0.1, 0.15) is 23.8 Å². The molecule has 8 nitrogen and oxygen atoms in total. The summed E-state index contributed by atoms with van der Waals surface area (Å²) in [4.78, 5) is 17.9. The molecule has 3 aromatic rings. The average molecular weight is 408 g/mol. The van der Waals surface area contributed by atoms with Gasteiger partial charge in [-0.05, 0) is 38.5 Å². The first kappa shape index (κ1) is 19.8. The lowest BCUT2D eigenvalue weighted by Crippen LogP contribution is -2.33. The quantitative estimate of drug-likeness (QED) is 0.632. The minimum Gasteiger partial charge on any atom is -0.489 e. The molecule has 1 aliphatic heterocycles. The molecule has 0 saturated carbocycles. The number of aromatic nitrogens is 2. The van der Waals surface area contributed by atoms with Crippen molar-refractivity contribution in [3.8, 4) is 5.75 Å². The van der Waals surface area contributed by atoms with Crippen molar-refractivity contribution in [1.29, 1.82) is 0 Å². The van der Waals surface area contributed by atoms with Crippen LogP contribution in [0.2, 0.25) is 0 Å². The van der Waals surface area contributed by atoms with Crippen LogP contribution in [0.15, 0.2) is 41.1 Å². The van der Waals surface area contributed by atoms with Gasteiger partial charge < -0.3 is 24.6 Å². The smallest absolute Gasteiger partial charge is 0.335 e. The van der Waals surface area contributed by atoms with Crippen molar-refractivity contribution in [3.63, 3.8) is 0 Å². The maximum Gasteiger partial charge on any atom is 0.335 e. The van der Waals surface area contributed by atoms with E-state index in [1.807, 2.05) is 39.0 Å². The van der Waals surface area contributed by atoms with Gasteiger partial charge in [-0.2, -0.15) is 0 Å². The number of benzene rings is 1. The first-order valence-electron chi connectivity index (χ1n) is 9.82. The number of rotatable bonds is 6. The van der Waals surface area contributed by atoms with Gasteiger partial charge in [0.15, 0.2) is 5.82 Å². The van der Waals surface area contributed by atoms with Gasteiger partial charge in [0.2, 0.25) is 0 Å². The number of nitrogens with one attached hydrogen (secondary N) is 1. The molecule has 2 N–H and O–H groups in total. The van der Waals surface area contributed by atoms with Crippen LogP contribution >= 0.6 is 0 Å². The molecule has 2 aromatic heterocycles. The number of aryl methyl sites for hydroxylation is 2. The Morgan fingerprint density at radius 2 is 2.03 bits per heavy atom. The molecular weight excluding hydrogens is 384 g/mol. The highest BCUT2D eigenvalue weighted by atomic mass is 16.5. The van der Waals surface area contributed by atoms with E-state index in [1.165, 1.54) is 0 Å². The van der Waals surface area contributed by atoms with Crippen LogP contribution in [0, 0.1) is 13.8 Å². The lowest BCUT2D eigenvalue weighted by Gasteiger charge is -2.33. The summed E-state index contributed by atoms with van der Waals surface area (Å²) >= 11 is 0. The van der Waals surface area contributed by atoms with Gasteiger partial charge in [-0.25, -0.2) is 9.78 Å². The summed E-state index contributed by atoms with van der Waals surface area (Å²) in [5.74, 6) is 1.37. The molecule has 3 heterocycles. The van der Waals surface area contributed by atoms with Crippen molar-refractivity contribution in [3.05, 3.63) is 64.7 Å². The van der Waals surface area contributed by atoms with Crippen LogP contribution in [0.5, 0.6) is 5.75 Å². The van der Waals surface area contributed by atoms with E-state index in [4.69, 9.17) is 14.4 Å². The lowest BCUT2D eigenvalue weighted by molar-refractivity contribution is 0.0697. The fraction of sp³-hybridized carbons (Fsp3) is 0.318. The van der Waals surface area contributed by atoms with E-state index >= 15 is 0 Å². The number of pyridine rings is 1. The monoisotopic (exact) mass is 408 g/mol. The Labute approximate surface area is 174 Å². The SMILES string of the molecule is Cc1noc(C)c1CN1CCOc2ccnc(NC(C)c3ccc(C(=O)O)cc3)c21. The number of fused-ring (bicyclic) bond motifs is 1. The zero-order valence-electron chi connectivity index (χ0n) is 17.2. The van der Waals surface area contributed by atoms with Gasteiger partial charge in [0.05, 0.1) is 23.8 Å². The third-order valence-corrected chi connectivity index (χ3v) is 5.36. The predicted octanol–water partition coefficient (Wildman–Crippen LogP) is 3.96. The van der Waals surface area contributed by atoms with Crippen molar-refractivity contribution >= 4 is 17.5 Å². The number of carboxylic acids is 1. The van der Waals surface area contributed by atoms with Gasteiger partial charge in [0.25, 0.3) is 0 Å². The summed E-state index contributed by atoms with van der Waals surface area (Å²) in [5.41, 5.74) is 4.08. The highest BCUT2D eigenvalue weighted by Crippen LogP contribution is 2.39. The van der Waals surface area contributed by atoms with E-state index in [0.29, 0.717) is 19.0 Å². The number of hydrogen-bond donors (Lipinski definition) is 2. The Morgan fingerprint density at radius 3 is 2.70 bits per heavy atom. The number of aromatic carboxylic acids is 1. The number of anilines is 2. The molecule has 0 bridgehead atoms. The van der Waals surface area contributed by atoms with Crippen LogP contribution in [0.4, 0.5) is 11.5 Å². The summed E-state index contributed by atoms with van der Waals surface area (Å²) in [5, 5.41) is 16.6. The number of ether oxygens (including phenoxy) is 1. The normalized spacial score (nSPS) is 14.0. The van der Waals surface area contributed by atoms with Gasteiger partial charge in [-0.3, -0.25) is 0 Å². The molecule has 0 radical (unpaired) electrons. The molecule has 0 fully saturated rings. The molecule has 0 saturated heterocycles. The van der Waals surface area contributed by atoms with Crippen LogP contribution in [-0.2, 0) is 6.54 Å². The Balaban J connectivity index is 1.61. The number of nitrogens with zero attached hydrogens (tertiary/aromatic N) is 3. The molecule has 0 aliphatic carbocycles.